The Morgan fingerprint density at radius 2 is 1.29 bits per heavy atom. The lowest BCUT2D eigenvalue weighted by Gasteiger charge is -2.25. The molecule has 0 aliphatic carbocycles. The van der Waals surface area contributed by atoms with E-state index < -0.39 is 6.10 Å². The normalized spacial score (nSPS) is 13.6. The second-order valence-corrected chi connectivity index (χ2v) is 6.47. The molecule has 0 bridgehead atoms. The molecule has 0 unspecified atom stereocenters. The van der Waals surface area contributed by atoms with E-state index in [1.807, 2.05) is 48.5 Å². The summed E-state index contributed by atoms with van der Waals surface area (Å²) in [5.74, 6) is 0. The highest BCUT2D eigenvalue weighted by molar-refractivity contribution is 5.26. The summed E-state index contributed by atoms with van der Waals surface area (Å²) < 4.78 is 0. The number of rotatable bonds is 11. The van der Waals surface area contributed by atoms with Crippen LogP contribution in [0.3, 0.4) is 0 Å². The Hall–Kier alpha value is -1.64. The molecule has 0 aromatic heterocycles. The first-order chi connectivity index (χ1) is 11.8. The molecule has 2 atom stereocenters. The average Bonchev–Trinajstić information content (AvgIpc) is 2.65. The van der Waals surface area contributed by atoms with Gasteiger partial charge in [-0.3, -0.25) is 0 Å². The summed E-state index contributed by atoms with van der Waals surface area (Å²) >= 11 is 0. The van der Waals surface area contributed by atoms with Crippen LogP contribution in [0.25, 0.3) is 0 Å². The zero-order valence-electron chi connectivity index (χ0n) is 14.8. The van der Waals surface area contributed by atoms with Crippen molar-refractivity contribution >= 4 is 0 Å². The van der Waals surface area contributed by atoms with Crippen LogP contribution in [0.2, 0.25) is 0 Å². The summed E-state index contributed by atoms with van der Waals surface area (Å²) in [6.07, 6.45) is 7.17. The fourth-order valence-electron chi connectivity index (χ4n) is 3.08. The van der Waals surface area contributed by atoms with Crippen LogP contribution in [-0.4, -0.2) is 11.7 Å². The molecule has 130 valence electrons. The van der Waals surface area contributed by atoms with E-state index >= 15 is 0 Å². The van der Waals surface area contributed by atoms with Gasteiger partial charge < -0.3 is 10.4 Å². The molecular weight excluding hydrogens is 294 g/mol. The molecule has 2 N–H and O–H groups in total. The third kappa shape index (κ3) is 6.10. The number of nitrogens with one attached hydrogen (secondary N) is 1. The van der Waals surface area contributed by atoms with E-state index in [4.69, 9.17) is 0 Å². The minimum atomic E-state index is -0.534. The molecule has 0 saturated heterocycles. The van der Waals surface area contributed by atoms with Gasteiger partial charge in [-0.15, -0.1) is 0 Å². The average molecular weight is 325 g/mol. The Kier molecular flexibility index (Phi) is 8.58. The smallest absolute Gasteiger partial charge is 0.0984 e. The topological polar surface area (TPSA) is 32.3 Å². The lowest BCUT2D eigenvalue weighted by atomic mass is 9.95. The van der Waals surface area contributed by atoms with Crippen LogP contribution in [0, 0.1) is 0 Å². The maximum atomic E-state index is 10.8. The highest BCUT2D eigenvalue weighted by Crippen LogP contribution is 2.28. The van der Waals surface area contributed by atoms with Crippen LogP contribution in [0.4, 0.5) is 0 Å². The Morgan fingerprint density at radius 1 is 0.750 bits per heavy atom. The number of unbranched alkanes of at least 4 members (excludes halogenated alkanes) is 5. The highest BCUT2D eigenvalue weighted by Gasteiger charge is 2.21. The van der Waals surface area contributed by atoms with Gasteiger partial charge in [0.1, 0.15) is 0 Å². The van der Waals surface area contributed by atoms with Gasteiger partial charge >= 0.3 is 0 Å². The summed E-state index contributed by atoms with van der Waals surface area (Å²) in [6, 6.07) is 20.1. The quantitative estimate of drug-likeness (QED) is 0.541. The largest absolute Gasteiger partial charge is 0.386 e. The summed E-state index contributed by atoms with van der Waals surface area (Å²) in [4.78, 5) is 0. The molecule has 0 heterocycles. The first-order valence-electron chi connectivity index (χ1n) is 9.34. The number of hydrogen-bond donors (Lipinski definition) is 2. The van der Waals surface area contributed by atoms with Crippen LogP contribution in [0.15, 0.2) is 60.7 Å². The molecule has 0 fully saturated rings. The van der Waals surface area contributed by atoms with Crippen molar-refractivity contribution in [2.45, 2.75) is 57.6 Å². The van der Waals surface area contributed by atoms with Crippen molar-refractivity contribution in [1.82, 2.24) is 5.32 Å². The van der Waals surface area contributed by atoms with E-state index in [2.05, 4.69) is 24.4 Å². The summed E-state index contributed by atoms with van der Waals surface area (Å²) in [5, 5.41) is 14.4. The van der Waals surface area contributed by atoms with Gasteiger partial charge in [-0.25, -0.2) is 0 Å². The van der Waals surface area contributed by atoms with Gasteiger partial charge in [0.25, 0.3) is 0 Å². The molecule has 2 aromatic carbocycles. The van der Waals surface area contributed by atoms with Crippen molar-refractivity contribution in [2.24, 2.45) is 0 Å². The van der Waals surface area contributed by atoms with Crippen molar-refractivity contribution in [3.8, 4) is 0 Å². The van der Waals surface area contributed by atoms with Crippen LogP contribution in [0.1, 0.15) is 68.7 Å². The minimum Gasteiger partial charge on any atom is -0.386 e. The Morgan fingerprint density at radius 3 is 1.92 bits per heavy atom. The summed E-state index contributed by atoms with van der Waals surface area (Å²) in [6.45, 7) is 3.19. The fourth-order valence-corrected chi connectivity index (χ4v) is 3.08. The second kappa shape index (κ2) is 11.0. The fraction of sp³-hybridized carbons (Fsp3) is 0.455. The third-order valence-corrected chi connectivity index (χ3v) is 4.51. The Labute approximate surface area is 146 Å². The molecular formula is C22H31NO. The Balaban J connectivity index is 1.92. The van der Waals surface area contributed by atoms with E-state index in [1.165, 1.54) is 32.1 Å². The third-order valence-electron chi connectivity index (χ3n) is 4.51. The molecule has 0 saturated carbocycles. The molecule has 0 aliphatic heterocycles. The predicted octanol–water partition coefficient (Wildman–Crippen LogP) is 5.41. The highest BCUT2D eigenvalue weighted by atomic mass is 16.3. The molecule has 0 amide bonds. The lowest BCUT2D eigenvalue weighted by Crippen LogP contribution is -2.28. The lowest BCUT2D eigenvalue weighted by molar-refractivity contribution is 0.128. The zero-order chi connectivity index (χ0) is 17.0. The molecule has 24 heavy (non-hydrogen) atoms. The van der Waals surface area contributed by atoms with Gasteiger partial charge in [0.15, 0.2) is 0 Å². The van der Waals surface area contributed by atoms with E-state index in [9.17, 15) is 5.11 Å². The van der Waals surface area contributed by atoms with Crippen molar-refractivity contribution in [3.05, 3.63) is 71.8 Å². The maximum Gasteiger partial charge on any atom is 0.0984 e. The van der Waals surface area contributed by atoms with Crippen LogP contribution < -0.4 is 5.32 Å². The standard InChI is InChI=1S/C22H31NO/c1-2-3-4-5-6-13-18-23-21(19-14-9-7-10-15-19)22(24)20-16-11-8-12-17-20/h7-12,14-17,21-24H,2-6,13,18H2,1H3/t21-,22+/m0/s1. The van der Waals surface area contributed by atoms with Crippen LogP contribution in [-0.2, 0) is 0 Å². The number of hydrogen-bond acceptors (Lipinski definition) is 2. The van der Waals surface area contributed by atoms with E-state index in [-0.39, 0.29) is 6.04 Å². The molecule has 0 aliphatic rings. The molecule has 0 spiro atoms. The Bertz CT molecular complexity index is 540. The zero-order valence-corrected chi connectivity index (χ0v) is 14.8. The molecule has 2 rings (SSSR count). The number of aliphatic hydroxyl groups excluding tert-OH is 1. The van der Waals surface area contributed by atoms with Gasteiger partial charge in [-0.2, -0.15) is 0 Å². The van der Waals surface area contributed by atoms with Crippen LogP contribution >= 0.6 is 0 Å². The van der Waals surface area contributed by atoms with Crippen molar-refractivity contribution in [1.29, 1.82) is 0 Å². The summed E-state index contributed by atoms with van der Waals surface area (Å²) in [7, 11) is 0. The first kappa shape index (κ1) is 18.7. The number of aliphatic hydroxyl groups is 1. The molecule has 2 nitrogen and oxygen atoms in total. The van der Waals surface area contributed by atoms with E-state index in [0.29, 0.717) is 0 Å². The van der Waals surface area contributed by atoms with Gasteiger partial charge in [0.2, 0.25) is 0 Å². The van der Waals surface area contributed by atoms with Crippen molar-refractivity contribution in [2.75, 3.05) is 6.54 Å². The maximum absolute atomic E-state index is 10.8. The predicted molar refractivity (Wildman–Crippen MR) is 102 cm³/mol. The second-order valence-electron chi connectivity index (χ2n) is 6.47. The minimum absolute atomic E-state index is 0.0655. The molecule has 0 radical (unpaired) electrons. The van der Waals surface area contributed by atoms with E-state index in [1.54, 1.807) is 0 Å². The molecule has 2 heteroatoms. The molecule has 2 aromatic rings. The van der Waals surface area contributed by atoms with Crippen LogP contribution in [0.5, 0.6) is 0 Å². The van der Waals surface area contributed by atoms with E-state index in [0.717, 1.165) is 24.1 Å². The SMILES string of the molecule is CCCCCCCCN[C@@H](c1ccccc1)[C@H](O)c1ccccc1. The van der Waals surface area contributed by atoms with Gasteiger partial charge in [-0.05, 0) is 24.1 Å². The van der Waals surface area contributed by atoms with Gasteiger partial charge in [-0.1, -0.05) is 99.7 Å². The van der Waals surface area contributed by atoms with Gasteiger partial charge in [0, 0.05) is 0 Å². The summed E-state index contributed by atoms with van der Waals surface area (Å²) in [5.41, 5.74) is 2.10. The van der Waals surface area contributed by atoms with Crippen molar-refractivity contribution in [3.63, 3.8) is 0 Å². The van der Waals surface area contributed by atoms with Gasteiger partial charge in [0.05, 0.1) is 12.1 Å². The monoisotopic (exact) mass is 325 g/mol. The first-order valence-corrected chi connectivity index (χ1v) is 9.34. The van der Waals surface area contributed by atoms with Crippen molar-refractivity contribution < 1.29 is 5.11 Å². The number of benzene rings is 2.